The molecule has 0 aliphatic heterocycles. The summed E-state index contributed by atoms with van der Waals surface area (Å²) in [6.45, 7) is 4.26. The highest BCUT2D eigenvalue weighted by molar-refractivity contribution is 5.93. The normalized spacial score (nSPS) is 10.6. The Morgan fingerprint density at radius 3 is 2.47 bits per heavy atom. The van der Waals surface area contributed by atoms with Crippen LogP contribution in [-0.2, 0) is 11.3 Å². The lowest BCUT2D eigenvalue weighted by Crippen LogP contribution is -2.43. The molecule has 4 aromatic rings. The summed E-state index contributed by atoms with van der Waals surface area (Å²) in [6, 6.07) is 18.6. The summed E-state index contributed by atoms with van der Waals surface area (Å²) in [4.78, 5) is 31.8. The average molecular weight is 488 g/mol. The minimum absolute atomic E-state index is 0.162. The molecule has 4 rings (SSSR count). The Morgan fingerprint density at radius 2 is 1.83 bits per heavy atom. The molecule has 36 heavy (non-hydrogen) atoms. The van der Waals surface area contributed by atoms with Crippen molar-refractivity contribution in [1.29, 1.82) is 0 Å². The van der Waals surface area contributed by atoms with Crippen LogP contribution >= 0.6 is 0 Å². The Labute approximate surface area is 209 Å². The van der Waals surface area contributed by atoms with Gasteiger partial charge in [-0.2, -0.15) is 0 Å². The molecule has 0 radical (unpaired) electrons. The molecule has 2 N–H and O–H groups in total. The van der Waals surface area contributed by atoms with Gasteiger partial charge in [0.15, 0.2) is 0 Å². The molecule has 0 saturated heterocycles. The van der Waals surface area contributed by atoms with Gasteiger partial charge in [-0.1, -0.05) is 17.7 Å². The second kappa shape index (κ2) is 11.3. The zero-order valence-corrected chi connectivity index (χ0v) is 20.5. The van der Waals surface area contributed by atoms with Gasteiger partial charge in [0, 0.05) is 24.0 Å². The average Bonchev–Trinajstić information content (AvgIpc) is 3.54. The van der Waals surface area contributed by atoms with Crippen LogP contribution in [0.1, 0.15) is 18.2 Å². The van der Waals surface area contributed by atoms with Crippen LogP contribution < -0.4 is 15.4 Å². The number of methoxy groups -OCH3 is 1. The van der Waals surface area contributed by atoms with E-state index in [-0.39, 0.29) is 25.0 Å². The fraction of sp³-hybridized carbons (Fsp3) is 0.222. The van der Waals surface area contributed by atoms with Crippen LogP contribution in [0.2, 0.25) is 0 Å². The Morgan fingerprint density at radius 1 is 1.08 bits per heavy atom. The summed E-state index contributed by atoms with van der Waals surface area (Å²) in [6.07, 6.45) is 3.40. The molecule has 9 nitrogen and oxygen atoms in total. The Kier molecular flexibility index (Phi) is 7.69. The number of urea groups is 1. The maximum atomic E-state index is 13.1. The van der Waals surface area contributed by atoms with Crippen molar-refractivity contribution in [3.8, 4) is 22.7 Å². The van der Waals surface area contributed by atoms with Crippen molar-refractivity contribution in [2.24, 2.45) is 0 Å². The van der Waals surface area contributed by atoms with Crippen molar-refractivity contribution in [3.63, 3.8) is 0 Å². The van der Waals surface area contributed by atoms with Crippen LogP contribution in [0.4, 0.5) is 10.7 Å². The number of amides is 3. The van der Waals surface area contributed by atoms with Gasteiger partial charge in [0.05, 0.1) is 25.6 Å². The minimum Gasteiger partial charge on any atom is -0.497 e. The van der Waals surface area contributed by atoms with E-state index in [1.54, 1.807) is 19.2 Å². The number of ether oxygens (including phenoxy) is 1. The van der Waals surface area contributed by atoms with Crippen LogP contribution in [0.5, 0.6) is 5.75 Å². The first-order valence-electron chi connectivity index (χ1n) is 11.6. The van der Waals surface area contributed by atoms with Gasteiger partial charge in [0.25, 0.3) is 0 Å². The molecule has 0 spiro atoms. The van der Waals surface area contributed by atoms with Gasteiger partial charge in [-0.05, 0) is 62.4 Å². The van der Waals surface area contributed by atoms with Gasteiger partial charge in [0.1, 0.15) is 18.1 Å². The standard InChI is InChI=1S/C27H29N5O4/c1-4-28-27(34)31(16-23-6-5-15-36-23)18-25(33)30-26-29-24(20-9-13-22(35-3)14-10-20)17-32(26)21-11-7-19(2)8-12-21/h5-15,17H,4,16,18H2,1-3H3,(H,28,34)(H,29,30,33). The molecule has 0 fully saturated rings. The lowest BCUT2D eigenvalue weighted by atomic mass is 10.1. The zero-order chi connectivity index (χ0) is 25.5. The summed E-state index contributed by atoms with van der Waals surface area (Å²) < 4.78 is 12.4. The van der Waals surface area contributed by atoms with E-state index in [0.717, 1.165) is 22.6 Å². The number of hydrogen-bond donors (Lipinski definition) is 2. The van der Waals surface area contributed by atoms with E-state index in [4.69, 9.17) is 14.1 Å². The van der Waals surface area contributed by atoms with Crippen molar-refractivity contribution >= 4 is 17.9 Å². The smallest absolute Gasteiger partial charge is 0.318 e. The van der Waals surface area contributed by atoms with E-state index < -0.39 is 0 Å². The second-order valence-corrected chi connectivity index (χ2v) is 8.20. The monoisotopic (exact) mass is 487 g/mol. The third kappa shape index (κ3) is 5.93. The highest BCUT2D eigenvalue weighted by Gasteiger charge is 2.20. The maximum Gasteiger partial charge on any atom is 0.318 e. The number of nitrogens with zero attached hydrogens (tertiary/aromatic N) is 3. The van der Waals surface area contributed by atoms with E-state index in [9.17, 15) is 9.59 Å². The van der Waals surface area contributed by atoms with Gasteiger partial charge in [0.2, 0.25) is 11.9 Å². The first-order chi connectivity index (χ1) is 17.5. The zero-order valence-electron chi connectivity index (χ0n) is 20.5. The van der Waals surface area contributed by atoms with Gasteiger partial charge in [-0.3, -0.25) is 14.7 Å². The second-order valence-electron chi connectivity index (χ2n) is 8.20. The largest absolute Gasteiger partial charge is 0.497 e. The molecule has 0 aliphatic rings. The topological polar surface area (TPSA) is 102 Å². The highest BCUT2D eigenvalue weighted by Crippen LogP contribution is 2.26. The highest BCUT2D eigenvalue weighted by atomic mass is 16.5. The molecular weight excluding hydrogens is 458 g/mol. The quantitative estimate of drug-likeness (QED) is 0.359. The lowest BCUT2D eigenvalue weighted by molar-refractivity contribution is -0.117. The molecule has 9 heteroatoms. The van der Waals surface area contributed by atoms with E-state index in [0.29, 0.717) is 23.9 Å². The summed E-state index contributed by atoms with van der Waals surface area (Å²) >= 11 is 0. The summed E-state index contributed by atoms with van der Waals surface area (Å²) in [5.41, 5.74) is 3.53. The summed E-state index contributed by atoms with van der Waals surface area (Å²) in [5.74, 6) is 1.29. The number of rotatable bonds is 9. The van der Waals surface area contributed by atoms with Crippen molar-refractivity contribution in [2.75, 3.05) is 25.5 Å². The van der Waals surface area contributed by atoms with E-state index in [1.807, 2.05) is 73.1 Å². The van der Waals surface area contributed by atoms with Gasteiger partial charge >= 0.3 is 6.03 Å². The SMILES string of the molecule is CCNC(=O)N(CC(=O)Nc1nc(-c2ccc(OC)cc2)cn1-c1ccc(C)cc1)Cc1ccco1. The molecule has 0 bridgehead atoms. The van der Waals surface area contributed by atoms with Crippen LogP contribution in [0.25, 0.3) is 16.9 Å². The van der Waals surface area contributed by atoms with Crippen molar-refractivity contribution in [2.45, 2.75) is 20.4 Å². The Hall–Kier alpha value is -4.53. The number of nitrogens with one attached hydrogen (secondary N) is 2. The molecule has 186 valence electrons. The van der Waals surface area contributed by atoms with Crippen molar-refractivity contribution in [3.05, 3.63) is 84.4 Å². The molecule has 2 aromatic carbocycles. The van der Waals surface area contributed by atoms with E-state index >= 15 is 0 Å². The van der Waals surface area contributed by atoms with Crippen molar-refractivity contribution < 1.29 is 18.7 Å². The minimum atomic E-state index is -0.381. The lowest BCUT2D eigenvalue weighted by Gasteiger charge is -2.21. The molecule has 0 unspecified atom stereocenters. The van der Waals surface area contributed by atoms with Crippen molar-refractivity contribution in [1.82, 2.24) is 19.8 Å². The van der Waals surface area contributed by atoms with E-state index in [1.165, 1.54) is 11.2 Å². The molecule has 0 saturated carbocycles. The number of benzene rings is 2. The van der Waals surface area contributed by atoms with Crippen LogP contribution in [0, 0.1) is 6.92 Å². The molecule has 2 heterocycles. The van der Waals surface area contributed by atoms with Gasteiger partial charge < -0.3 is 19.4 Å². The van der Waals surface area contributed by atoms with Gasteiger partial charge in [-0.15, -0.1) is 0 Å². The van der Waals surface area contributed by atoms with Crippen LogP contribution in [-0.4, -0.2) is 46.6 Å². The number of carbonyl (C=O) groups excluding carboxylic acids is 2. The van der Waals surface area contributed by atoms with Crippen LogP contribution in [0.3, 0.4) is 0 Å². The number of aryl methyl sites for hydroxylation is 1. The predicted octanol–water partition coefficient (Wildman–Crippen LogP) is 4.62. The number of aromatic nitrogens is 2. The van der Waals surface area contributed by atoms with Crippen LogP contribution in [0.15, 0.2) is 77.5 Å². The maximum absolute atomic E-state index is 13.1. The number of imidazole rings is 1. The fourth-order valence-corrected chi connectivity index (χ4v) is 3.66. The van der Waals surface area contributed by atoms with Gasteiger partial charge in [-0.25, -0.2) is 9.78 Å². The Balaban J connectivity index is 1.60. The summed E-state index contributed by atoms with van der Waals surface area (Å²) in [5, 5.41) is 5.62. The molecule has 0 aliphatic carbocycles. The molecule has 3 amide bonds. The summed E-state index contributed by atoms with van der Waals surface area (Å²) in [7, 11) is 1.62. The Bertz CT molecular complexity index is 1300. The molecular formula is C27H29N5O4. The first-order valence-corrected chi connectivity index (χ1v) is 11.6. The molecule has 0 atom stereocenters. The fourth-order valence-electron chi connectivity index (χ4n) is 3.66. The number of carbonyl (C=O) groups is 2. The predicted molar refractivity (Wildman–Crippen MR) is 137 cm³/mol. The van der Waals surface area contributed by atoms with E-state index in [2.05, 4.69) is 10.6 Å². The third-order valence-corrected chi connectivity index (χ3v) is 5.53. The number of hydrogen-bond acceptors (Lipinski definition) is 5. The number of furan rings is 1. The number of anilines is 1. The first kappa shape index (κ1) is 24.6. The molecule has 2 aromatic heterocycles. The third-order valence-electron chi connectivity index (χ3n) is 5.53.